The standard InChI is InChI=1S/C29H28Cl2N2O6S/c1-5-38-20-12-10-18(11-13-20)32-40(36,37)26-15-21(23(30)16-24(26)31)28(35)39-17-19(34)14-27-29(2,3)22-8-6-7-9-25(22)33(27)4/h6-16,32H,5,17H2,1-4H3. The first-order valence-corrected chi connectivity index (χ1v) is 14.6. The van der Waals surface area contributed by atoms with Gasteiger partial charge in [0, 0.05) is 35.6 Å². The van der Waals surface area contributed by atoms with Crippen LogP contribution in [0.4, 0.5) is 11.4 Å². The summed E-state index contributed by atoms with van der Waals surface area (Å²) in [5.41, 5.74) is 2.42. The zero-order valence-electron chi connectivity index (χ0n) is 22.3. The quantitative estimate of drug-likeness (QED) is 0.229. The molecule has 1 aliphatic rings. The molecule has 210 valence electrons. The summed E-state index contributed by atoms with van der Waals surface area (Å²) in [5.74, 6) is -0.822. The van der Waals surface area contributed by atoms with Crippen LogP contribution in [0, 0.1) is 0 Å². The molecular formula is C29H28Cl2N2O6S. The second kappa shape index (κ2) is 11.5. The van der Waals surface area contributed by atoms with Crippen LogP contribution < -0.4 is 14.4 Å². The minimum atomic E-state index is -4.21. The fourth-order valence-corrected chi connectivity index (χ4v) is 6.46. The monoisotopic (exact) mass is 602 g/mol. The molecule has 0 amide bonds. The number of carbonyl (C=O) groups is 2. The van der Waals surface area contributed by atoms with Crippen LogP contribution in [0.15, 0.2) is 77.3 Å². The van der Waals surface area contributed by atoms with Gasteiger partial charge in [0.15, 0.2) is 12.4 Å². The Morgan fingerprint density at radius 3 is 2.35 bits per heavy atom. The number of rotatable bonds is 9. The molecule has 0 aromatic heterocycles. The fraction of sp³-hybridized carbons (Fsp3) is 0.241. The molecule has 40 heavy (non-hydrogen) atoms. The second-order valence-electron chi connectivity index (χ2n) is 9.60. The Balaban J connectivity index is 1.50. The summed E-state index contributed by atoms with van der Waals surface area (Å²) in [6.07, 6.45) is 1.45. The van der Waals surface area contributed by atoms with Crippen LogP contribution in [0.5, 0.6) is 5.75 Å². The molecule has 0 saturated heterocycles. The molecule has 0 spiro atoms. The number of hydrogen-bond acceptors (Lipinski definition) is 7. The first kappa shape index (κ1) is 29.5. The van der Waals surface area contributed by atoms with E-state index in [0.717, 1.165) is 29.1 Å². The van der Waals surface area contributed by atoms with Gasteiger partial charge in [0.2, 0.25) is 0 Å². The molecule has 0 radical (unpaired) electrons. The van der Waals surface area contributed by atoms with Crippen LogP contribution in [0.2, 0.25) is 10.0 Å². The maximum atomic E-state index is 13.1. The number of carbonyl (C=O) groups excluding carboxylic acids is 2. The van der Waals surface area contributed by atoms with Gasteiger partial charge in [0.25, 0.3) is 10.0 Å². The van der Waals surface area contributed by atoms with Gasteiger partial charge >= 0.3 is 5.97 Å². The molecule has 4 rings (SSSR count). The summed E-state index contributed by atoms with van der Waals surface area (Å²) in [4.78, 5) is 27.2. The smallest absolute Gasteiger partial charge is 0.340 e. The highest BCUT2D eigenvalue weighted by atomic mass is 35.5. The summed E-state index contributed by atoms with van der Waals surface area (Å²) in [6, 6.07) is 16.3. The highest BCUT2D eigenvalue weighted by Crippen LogP contribution is 2.46. The number of esters is 1. The molecule has 0 fully saturated rings. The number of nitrogens with one attached hydrogen (secondary N) is 1. The highest BCUT2D eigenvalue weighted by Gasteiger charge is 2.38. The van der Waals surface area contributed by atoms with E-state index in [0.29, 0.717) is 12.4 Å². The molecule has 1 N–H and O–H groups in total. The van der Waals surface area contributed by atoms with Gasteiger partial charge < -0.3 is 14.4 Å². The topological polar surface area (TPSA) is 102 Å². The third-order valence-corrected chi connectivity index (χ3v) is 8.69. The van der Waals surface area contributed by atoms with Crippen molar-refractivity contribution < 1.29 is 27.5 Å². The number of allylic oxidation sites excluding steroid dienone is 1. The van der Waals surface area contributed by atoms with Gasteiger partial charge in [-0.05, 0) is 55.0 Å². The molecule has 1 heterocycles. The average molecular weight is 604 g/mol. The summed E-state index contributed by atoms with van der Waals surface area (Å²) in [6.45, 7) is 5.77. The molecule has 0 unspecified atom stereocenters. The molecule has 0 aliphatic carbocycles. The zero-order chi connectivity index (χ0) is 29.2. The average Bonchev–Trinajstić information content (AvgIpc) is 3.09. The van der Waals surface area contributed by atoms with E-state index in [4.69, 9.17) is 32.7 Å². The van der Waals surface area contributed by atoms with E-state index >= 15 is 0 Å². The van der Waals surface area contributed by atoms with Crippen LogP contribution in [0.3, 0.4) is 0 Å². The zero-order valence-corrected chi connectivity index (χ0v) is 24.7. The van der Waals surface area contributed by atoms with Crippen molar-refractivity contribution in [1.29, 1.82) is 0 Å². The maximum Gasteiger partial charge on any atom is 0.340 e. The minimum absolute atomic E-state index is 0.118. The van der Waals surface area contributed by atoms with E-state index in [1.807, 2.05) is 57.0 Å². The Kier molecular flexibility index (Phi) is 8.49. The van der Waals surface area contributed by atoms with Crippen LogP contribution >= 0.6 is 23.2 Å². The number of ether oxygens (including phenoxy) is 2. The van der Waals surface area contributed by atoms with Crippen molar-refractivity contribution in [1.82, 2.24) is 0 Å². The van der Waals surface area contributed by atoms with E-state index in [1.165, 1.54) is 18.2 Å². The van der Waals surface area contributed by atoms with Gasteiger partial charge in [-0.2, -0.15) is 0 Å². The van der Waals surface area contributed by atoms with E-state index in [9.17, 15) is 18.0 Å². The van der Waals surface area contributed by atoms with Crippen molar-refractivity contribution in [2.75, 3.05) is 29.9 Å². The fourth-order valence-electron chi connectivity index (χ4n) is 4.55. The lowest BCUT2D eigenvalue weighted by Gasteiger charge is -2.23. The Hall–Kier alpha value is -3.53. The minimum Gasteiger partial charge on any atom is -0.494 e. The van der Waals surface area contributed by atoms with Crippen molar-refractivity contribution in [2.45, 2.75) is 31.1 Å². The van der Waals surface area contributed by atoms with Gasteiger partial charge in [0.05, 0.1) is 22.2 Å². The lowest BCUT2D eigenvalue weighted by atomic mass is 9.83. The number of sulfonamides is 1. The number of para-hydroxylation sites is 1. The van der Waals surface area contributed by atoms with Crippen LogP contribution in [-0.2, 0) is 25.0 Å². The van der Waals surface area contributed by atoms with Crippen LogP contribution in [0.25, 0.3) is 0 Å². The third-order valence-electron chi connectivity index (χ3n) is 6.53. The predicted octanol–water partition coefficient (Wildman–Crippen LogP) is 6.23. The largest absolute Gasteiger partial charge is 0.494 e. The van der Waals surface area contributed by atoms with Crippen molar-refractivity contribution in [3.05, 3.63) is 93.6 Å². The maximum absolute atomic E-state index is 13.1. The van der Waals surface area contributed by atoms with E-state index in [1.54, 1.807) is 12.1 Å². The number of anilines is 2. The van der Waals surface area contributed by atoms with Crippen molar-refractivity contribution >= 4 is 56.4 Å². The van der Waals surface area contributed by atoms with Crippen molar-refractivity contribution in [2.24, 2.45) is 0 Å². The normalized spacial score (nSPS) is 15.1. The number of likely N-dealkylation sites (N-methyl/N-ethyl adjacent to an activating group) is 1. The Labute approximate surface area is 243 Å². The number of nitrogens with zero attached hydrogens (tertiary/aromatic N) is 1. The molecule has 3 aromatic carbocycles. The van der Waals surface area contributed by atoms with Crippen LogP contribution in [-0.4, -0.2) is 40.4 Å². The summed E-state index contributed by atoms with van der Waals surface area (Å²) < 4.78 is 39.1. The molecule has 1 aliphatic heterocycles. The highest BCUT2D eigenvalue weighted by molar-refractivity contribution is 7.92. The predicted molar refractivity (Wildman–Crippen MR) is 156 cm³/mol. The van der Waals surface area contributed by atoms with Gasteiger partial charge in [-0.3, -0.25) is 9.52 Å². The first-order chi connectivity index (χ1) is 18.8. The molecule has 0 bridgehead atoms. The lowest BCUT2D eigenvalue weighted by Crippen LogP contribution is -2.25. The summed E-state index contributed by atoms with van der Waals surface area (Å²) in [7, 11) is -2.33. The number of halogens is 2. The van der Waals surface area contributed by atoms with Gasteiger partial charge in [-0.1, -0.05) is 55.2 Å². The Bertz CT molecular complexity index is 1600. The number of benzene rings is 3. The molecular weight excluding hydrogens is 575 g/mol. The summed E-state index contributed by atoms with van der Waals surface area (Å²) in [5, 5.41) is -0.306. The Morgan fingerprint density at radius 1 is 1.02 bits per heavy atom. The number of ketones is 1. The van der Waals surface area contributed by atoms with E-state index in [2.05, 4.69) is 4.72 Å². The SMILES string of the molecule is CCOc1ccc(NS(=O)(=O)c2cc(C(=O)OCC(=O)C=C3N(C)c4ccccc4C3(C)C)c(Cl)cc2Cl)cc1. The number of fused-ring (bicyclic) bond motifs is 1. The molecule has 8 nitrogen and oxygen atoms in total. The lowest BCUT2D eigenvalue weighted by molar-refractivity contribution is -0.117. The van der Waals surface area contributed by atoms with Gasteiger partial charge in [0.1, 0.15) is 10.6 Å². The van der Waals surface area contributed by atoms with E-state index in [-0.39, 0.29) is 26.2 Å². The van der Waals surface area contributed by atoms with Crippen molar-refractivity contribution in [3.8, 4) is 5.75 Å². The molecule has 0 atom stereocenters. The van der Waals surface area contributed by atoms with Crippen molar-refractivity contribution in [3.63, 3.8) is 0 Å². The first-order valence-electron chi connectivity index (χ1n) is 12.3. The van der Waals surface area contributed by atoms with Gasteiger partial charge in [-0.15, -0.1) is 0 Å². The van der Waals surface area contributed by atoms with Crippen LogP contribution in [0.1, 0.15) is 36.7 Å². The molecule has 11 heteroatoms. The summed E-state index contributed by atoms with van der Waals surface area (Å²) >= 11 is 12.4. The second-order valence-corrected chi connectivity index (χ2v) is 12.1. The van der Waals surface area contributed by atoms with E-state index < -0.39 is 33.8 Å². The molecule has 3 aromatic rings. The Morgan fingerprint density at radius 2 is 1.70 bits per heavy atom. The number of hydrogen-bond donors (Lipinski definition) is 1. The molecule has 0 saturated carbocycles. The third kappa shape index (κ3) is 5.96. The van der Waals surface area contributed by atoms with Gasteiger partial charge in [-0.25, -0.2) is 13.2 Å².